The Morgan fingerprint density at radius 2 is 0.875 bits per heavy atom. The smallest absolute Gasteiger partial charge is 0.351 e. The van der Waals surface area contributed by atoms with Crippen LogP contribution in [0, 0.1) is 0 Å². The van der Waals surface area contributed by atoms with Crippen LogP contribution in [0.3, 0.4) is 0 Å². The van der Waals surface area contributed by atoms with E-state index in [1.807, 2.05) is 0 Å². The Hall–Kier alpha value is -4.08. The summed E-state index contributed by atoms with van der Waals surface area (Å²) < 4.78 is 29.6. The quantitative estimate of drug-likeness (QED) is 0.416. The Morgan fingerprint density at radius 3 is 1.12 bits per heavy atom. The first kappa shape index (κ1) is 24.2. The molecule has 0 fully saturated rings. The molecule has 0 aliphatic carbocycles. The number of esters is 4. The van der Waals surface area contributed by atoms with Gasteiger partial charge in [-0.2, -0.15) is 0 Å². The fraction of sp³-hybridized carbons (Fsp3) is 0.273. The van der Waals surface area contributed by atoms with Gasteiger partial charge in [0.2, 0.25) is 12.2 Å². The average molecular weight is 446 g/mol. The minimum atomic E-state index is -1.91. The van der Waals surface area contributed by atoms with E-state index in [9.17, 15) is 19.2 Å². The third-order valence-corrected chi connectivity index (χ3v) is 4.26. The van der Waals surface area contributed by atoms with Crippen LogP contribution in [0.1, 0.15) is 20.7 Å². The molecule has 0 spiro atoms. The first-order valence-electron chi connectivity index (χ1n) is 9.20. The lowest BCUT2D eigenvalue weighted by atomic mass is 10.1. The van der Waals surface area contributed by atoms with Crippen LogP contribution in [0.4, 0.5) is 0 Å². The molecule has 0 radical (unpaired) electrons. The minimum Gasteiger partial charge on any atom is -0.497 e. The summed E-state index contributed by atoms with van der Waals surface area (Å²) in [7, 11) is 4.96. The monoisotopic (exact) mass is 446 g/mol. The van der Waals surface area contributed by atoms with Gasteiger partial charge in [-0.15, -0.1) is 0 Å². The van der Waals surface area contributed by atoms with Crippen LogP contribution in [0.25, 0.3) is 0 Å². The van der Waals surface area contributed by atoms with Gasteiger partial charge < -0.3 is 28.4 Å². The molecule has 2 aromatic rings. The van der Waals surface area contributed by atoms with E-state index in [0.29, 0.717) is 11.5 Å². The van der Waals surface area contributed by atoms with Crippen LogP contribution >= 0.6 is 0 Å². The Kier molecular flexibility index (Phi) is 8.58. The Balaban J connectivity index is 2.28. The summed E-state index contributed by atoms with van der Waals surface area (Å²) in [5.74, 6) is -3.18. The van der Waals surface area contributed by atoms with Crippen LogP contribution in [0.5, 0.6) is 11.5 Å². The van der Waals surface area contributed by atoms with Gasteiger partial charge in [-0.05, 0) is 48.5 Å². The summed E-state index contributed by atoms with van der Waals surface area (Å²) in [5, 5.41) is 0. The lowest BCUT2D eigenvalue weighted by molar-refractivity contribution is -0.170. The maximum absolute atomic E-state index is 12.5. The number of benzene rings is 2. The molecule has 0 aliphatic rings. The van der Waals surface area contributed by atoms with Crippen LogP contribution in [-0.4, -0.2) is 64.5 Å². The standard InChI is InChI=1S/C22H22O10/c1-27-15-9-5-13(6-10-15)19(23)31-17(21(25)29-3)18(22(26)30-4)32-20(24)14-7-11-16(28-2)12-8-14/h5-12,17-18H,1-4H3/t17-,18-/m0/s1. The van der Waals surface area contributed by atoms with Gasteiger partial charge >= 0.3 is 23.9 Å². The molecule has 0 aliphatic heterocycles. The fourth-order valence-electron chi connectivity index (χ4n) is 2.52. The van der Waals surface area contributed by atoms with Crippen molar-refractivity contribution in [2.24, 2.45) is 0 Å². The third kappa shape index (κ3) is 5.97. The molecule has 0 N–H and O–H groups in total. The number of rotatable bonds is 9. The van der Waals surface area contributed by atoms with E-state index >= 15 is 0 Å². The minimum absolute atomic E-state index is 0.0600. The number of ether oxygens (including phenoxy) is 6. The summed E-state index contributed by atoms with van der Waals surface area (Å²) in [5.41, 5.74) is 0.120. The number of hydrogen-bond donors (Lipinski definition) is 0. The summed E-state index contributed by atoms with van der Waals surface area (Å²) in [4.78, 5) is 49.7. The molecule has 10 heteroatoms. The second kappa shape index (κ2) is 11.3. The van der Waals surface area contributed by atoms with Crippen LogP contribution in [0.2, 0.25) is 0 Å². The van der Waals surface area contributed by atoms with Gasteiger partial charge in [0, 0.05) is 0 Å². The molecular formula is C22H22O10. The van der Waals surface area contributed by atoms with E-state index in [4.69, 9.17) is 18.9 Å². The maximum atomic E-state index is 12.5. The van der Waals surface area contributed by atoms with Gasteiger partial charge in [0.05, 0.1) is 39.6 Å². The molecule has 2 atom stereocenters. The van der Waals surface area contributed by atoms with E-state index in [0.717, 1.165) is 14.2 Å². The zero-order chi connectivity index (χ0) is 23.7. The summed E-state index contributed by atoms with van der Waals surface area (Å²) in [6.07, 6.45) is -3.83. The Labute approximate surface area is 183 Å². The van der Waals surface area contributed by atoms with Crippen molar-refractivity contribution in [3.8, 4) is 11.5 Å². The fourth-order valence-corrected chi connectivity index (χ4v) is 2.52. The van der Waals surface area contributed by atoms with Gasteiger partial charge in [0.1, 0.15) is 11.5 Å². The topological polar surface area (TPSA) is 124 Å². The number of methoxy groups -OCH3 is 4. The van der Waals surface area contributed by atoms with Crippen molar-refractivity contribution in [1.29, 1.82) is 0 Å². The molecule has 0 bridgehead atoms. The van der Waals surface area contributed by atoms with Gasteiger partial charge in [-0.25, -0.2) is 19.2 Å². The predicted octanol–water partition coefficient (Wildman–Crippen LogP) is 1.80. The summed E-state index contributed by atoms with van der Waals surface area (Å²) >= 11 is 0. The van der Waals surface area contributed by atoms with E-state index in [1.54, 1.807) is 0 Å². The first-order chi connectivity index (χ1) is 15.3. The van der Waals surface area contributed by atoms with Crippen molar-refractivity contribution in [2.45, 2.75) is 12.2 Å². The zero-order valence-electron chi connectivity index (χ0n) is 17.9. The third-order valence-electron chi connectivity index (χ3n) is 4.26. The van der Waals surface area contributed by atoms with Crippen LogP contribution < -0.4 is 9.47 Å². The second-order valence-electron chi connectivity index (χ2n) is 6.16. The van der Waals surface area contributed by atoms with Gasteiger partial charge in [-0.1, -0.05) is 0 Å². The van der Waals surface area contributed by atoms with Crippen molar-refractivity contribution in [1.82, 2.24) is 0 Å². The Bertz CT molecular complexity index is 870. The van der Waals surface area contributed by atoms with Crippen molar-refractivity contribution in [2.75, 3.05) is 28.4 Å². The number of carbonyl (C=O) groups is 4. The van der Waals surface area contributed by atoms with Gasteiger partial charge in [-0.3, -0.25) is 0 Å². The van der Waals surface area contributed by atoms with Crippen molar-refractivity contribution < 1.29 is 47.6 Å². The molecule has 170 valence electrons. The molecule has 2 rings (SSSR count). The van der Waals surface area contributed by atoms with E-state index < -0.39 is 36.1 Å². The molecule has 0 saturated carbocycles. The highest BCUT2D eigenvalue weighted by Crippen LogP contribution is 2.18. The van der Waals surface area contributed by atoms with Crippen molar-refractivity contribution in [3.63, 3.8) is 0 Å². The number of hydrogen-bond acceptors (Lipinski definition) is 10. The van der Waals surface area contributed by atoms with Crippen LogP contribution in [0.15, 0.2) is 48.5 Å². The molecule has 2 aromatic carbocycles. The largest absolute Gasteiger partial charge is 0.497 e. The molecule has 0 amide bonds. The highest BCUT2D eigenvalue weighted by Gasteiger charge is 2.42. The summed E-state index contributed by atoms with van der Waals surface area (Å²) in [6, 6.07) is 11.6. The SMILES string of the molecule is COC(=O)[C@@H](OC(=O)c1ccc(OC)cc1)[C@H](OC(=O)c1ccc(OC)cc1)C(=O)OC. The van der Waals surface area contributed by atoms with Gasteiger partial charge in [0.25, 0.3) is 0 Å². The summed E-state index contributed by atoms with van der Waals surface area (Å²) in [6.45, 7) is 0. The van der Waals surface area contributed by atoms with Crippen molar-refractivity contribution >= 4 is 23.9 Å². The predicted molar refractivity (Wildman–Crippen MR) is 108 cm³/mol. The first-order valence-corrected chi connectivity index (χ1v) is 9.20. The molecule has 0 saturated heterocycles. The highest BCUT2D eigenvalue weighted by atomic mass is 16.6. The molecule has 10 nitrogen and oxygen atoms in total. The van der Waals surface area contributed by atoms with Gasteiger partial charge in [0.15, 0.2) is 0 Å². The van der Waals surface area contributed by atoms with Crippen molar-refractivity contribution in [3.05, 3.63) is 59.7 Å². The molecule has 0 unspecified atom stereocenters. The zero-order valence-corrected chi connectivity index (χ0v) is 17.9. The number of carbonyl (C=O) groups excluding carboxylic acids is 4. The maximum Gasteiger partial charge on any atom is 0.351 e. The lowest BCUT2D eigenvalue weighted by Crippen LogP contribution is -2.47. The molecule has 0 heterocycles. The van der Waals surface area contributed by atoms with E-state index in [-0.39, 0.29) is 11.1 Å². The van der Waals surface area contributed by atoms with Crippen LogP contribution in [-0.2, 0) is 28.5 Å². The van der Waals surface area contributed by atoms with E-state index in [2.05, 4.69) is 9.47 Å². The van der Waals surface area contributed by atoms with E-state index in [1.165, 1.54) is 62.8 Å². The second-order valence-corrected chi connectivity index (χ2v) is 6.16. The average Bonchev–Trinajstić information content (AvgIpc) is 2.84. The normalized spacial score (nSPS) is 12.0. The molecular weight excluding hydrogens is 424 g/mol. The lowest BCUT2D eigenvalue weighted by Gasteiger charge is -2.23. The highest BCUT2D eigenvalue weighted by molar-refractivity contribution is 5.96. The molecule has 32 heavy (non-hydrogen) atoms. The molecule has 0 aromatic heterocycles. The Morgan fingerprint density at radius 1 is 0.562 bits per heavy atom.